The number of likely N-dealkylation sites (N-methyl/N-ethyl adjacent to an activating group) is 1. The highest BCUT2D eigenvalue weighted by Crippen LogP contribution is 2.20. The van der Waals surface area contributed by atoms with Crippen molar-refractivity contribution in [3.8, 4) is 17.1 Å². The van der Waals surface area contributed by atoms with Gasteiger partial charge >= 0.3 is 5.69 Å². The van der Waals surface area contributed by atoms with Crippen LogP contribution in [0.4, 0.5) is 0 Å². The van der Waals surface area contributed by atoms with Gasteiger partial charge in [-0.1, -0.05) is 44.2 Å². The zero-order valence-corrected chi connectivity index (χ0v) is 19.6. The molecule has 0 aliphatic heterocycles. The van der Waals surface area contributed by atoms with Crippen molar-refractivity contribution in [3.63, 3.8) is 0 Å². The predicted octanol–water partition coefficient (Wildman–Crippen LogP) is 2.32. The van der Waals surface area contributed by atoms with Gasteiger partial charge in [0.25, 0.3) is 5.56 Å². The number of fused-ring (bicyclic) bond motifs is 1. The number of aromatic nitrogens is 5. The van der Waals surface area contributed by atoms with Gasteiger partial charge in [-0.05, 0) is 42.9 Å². The number of ether oxygens (including phenoxy) is 1. The van der Waals surface area contributed by atoms with E-state index < -0.39 is 11.2 Å². The first kappa shape index (κ1) is 23.3. The highest BCUT2D eigenvalue weighted by atomic mass is 16.5. The Balaban J connectivity index is 1.62. The lowest BCUT2D eigenvalue weighted by Gasteiger charge is -2.18. The summed E-state index contributed by atoms with van der Waals surface area (Å²) in [6.07, 6.45) is 0. The molecular weight excluding hydrogens is 432 g/mol. The number of nitrogens with zero attached hydrogens (tertiary/aromatic N) is 6. The number of benzene rings is 2. The van der Waals surface area contributed by atoms with Crippen molar-refractivity contribution in [2.45, 2.75) is 20.4 Å². The molecule has 2 aromatic carbocycles. The first-order valence-corrected chi connectivity index (χ1v) is 11.4. The van der Waals surface area contributed by atoms with E-state index in [1.807, 2.05) is 54.6 Å². The molecule has 176 valence electrons. The fourth-order valence-corrected chi connectivity index (χ4v) is 3.73. The quantitative estimate of drug-likeness (QED) is 0.378. The van der Waals surface area contributed by atoms with Crippen molar-refractivity contribution in [2.75, 3.05) is 26.2 Å². The molecule has 0 spiro atoms. The molecule has 34 heavy (non-hydrogen) atoms. The third-order valence-electron chi connectivity index (χ3n) is 5.82. The molecule has 4 rings (SSSR count). The third kappa shape index (κ3) is 4.89. The molecule has 0 atom stereocenters. The van der Waals surface area contributed by atoms with Crippen LogP contribution in [-0.4, -0.2) is 55.5 Å². The molecule has 0 fully saturated rings. The molecule has 9 nitrogen and oxygen atoms in total. The van der Waals surface area contributed by atoms with Crippen LogP contribution in [0.3, 0.4) is 0 Å². The van der Waals surface area contributed by atoms with Gasteiger partial charge in [-0.2, -0.15) is 0 Å². The van der Waals surface area contributed by atoms with E-state index in [2.05, 4.69) is 33.9 Å². The Kier molecular flexibility index (Phi) is 7.12. The van der Waals surface area contributed by atoms with Crippen LogP contribution in [0.15, 0.2) is 64.2 Å². The molecule has 0 N–H and O–H groups in total. The molecule has 9 heteroatoms. The van der Waals surface area contributed by atoms with Crippen molar-refractivity contribution < 1.29 is 4.74 Å². The minimum Gasteiger partial charge on any atom is -0.492 e. The van der Waals surface area contributed by atoms with Gasteiger partial charge in [-0.15, -0.1) is 10.2 Å². The Hall–Kier alpha value is -3.85. The Morgan fingerprint density at radius 1 is 0.941 bits per heavy atom. The lowest BCUT2D eigenvalue weighted by Crippen LogP contribution is -2.39. The van der Waals surface area contributed by atoms with Crippen molar-refractivity contribution >= 4 is 11.2 Å². The second-order valence-electron chi connectivity index (χ2n) is 7.93. The van der Waals surface area contributed by atoms with Gasteiger partial charge in [0.15, 0.2) is 17.0 Å². The first-order chi connectivity index (χ1) is 16.5. The van der Waals surface area contributed by atoms with Crippen LogP contribution < -0.4 is 16.0 Å². The monoisotopic (exact) mass is 460 g/mol. The van der Waals surface area contributed by atoms with Gasteiger partial charge in [-0.3, -0.25) is 13.9 Å². The van der Waals surface area contributed by atoms with E-state index in [0.29, 0.717) is 18.0 Å². The summed E-state index contributed by atoms with van der Waals surface area (Å²) in [7, 11) is 1.44. The topological polar surface area (TPSA) is 95.1 Å². The molecule has 0 saturated carbocycles. The van der Waals surface area contributed by atoms with Gasteiger partial charge in [0.1, 0.15) is 12.4 Å². The maximum atomic E-state index is 12.8. The van der Waals surface area contributed by atoms with E-state index in [1.165, 1.54) is 11.6 Å². The van der Waals surface area contributed by atoms with Gasteiger partial charge in [0.2, 0.25) is 0 Å². The minimum absolute atomic E-state index is 0.0996. The lowest BCUT2D eigenvalue weighted by atomic mass is 10.2. The molecule has 4 aromatic rings. The van der Waals surface area contributed by atoms with Crippen molar-refractivity contribution in [1.82, 2.24) is 29.2 Å². The summed E-state index contributed by atoms with van der Waals surface area (Å²) in [5.41, 5.74) is 0.910. The average molecular weight is 461 g/mol. The van der Waals surface area contributed by atoms with Crippen LogP contribution in [0, 0.1) is 0 Å². The summed E-state index contributed by atoms with van der Waals surface area (Å²) in [6.45, 7) is 7.96. The summed E-state index contributed by atoms with van der Waals surface area (Å²) in [6, 6.07) is 16.9. The number of hydrogen-bond acceptors (Lipinski definition) is 7. The van der Waals surface area contributed by atoms with E-state index in [0.717, 1.165) is 35.5 Å². The molecule has 0 unspecified atom stereocenters. The standard InChI is InChI=1S/C25H28N6O3/c1-4-30(5-2)15-16-34-20-13-11-19(12-14-20)22-26-21-23(28-27-22)31(25(33)29(3)24(21)32)17-18-9-7-6-8-10-18/h6-14H,4-5,15-17H2,1-3H3. The first-order valence-electron chi connectivity index (χ1n) is 11.4. The van der Waals surface area contributed by atoms with Gasteiger partial charge in [0.05, 0.1) is 6.54 Å². The summed E-state index contributed by atoms with van der Waals surface area (Å²) in [5, 5.41) is 8.44. The highest BCUT2D eigenvalue weighted by Gasteiger charge is 2.16. The summed E-state index contributed by atoms with van der Waals surface area (Å²) in [4.78, 5) is 32.4. The lowest BCUT2D eigenvalue weighted by molar-refractivity contribution is 0.223. The van der Waals surface area contributed by atoms with Crippen LogP contribution in [-0.2, 0) is 13.6 Å². The SMILES string of the molecule is CCN(CC)CCOc1ccc(-c2nnc3c(n2)c(=O)n(C)c(=O)n3Cc2ccccc2)cc1. The predicted molar refractivity (Wildman–Crippen MR) is 131 cm³/mol. The minimum atomic E-state index is -0.503. The molecule has 0 amide bonds. The molecule has 0 saturated heterocycles. The largest absolute Gasteiger partial charge is 0.492 e. The molecule has 0 aliphatic carbocycles. The van der Waals surface area contributed by atoms with Crippen LogP contribution >= 0.6 is 0 Å². The number of hydrogen-bond donors (Lipinski definition) is 0. The molecule has 2 aromatic heterocycles. The smallest absolute Gasteiger partial charge is 0.332 e. The van der Waals surface area contributed by atoms with Crippen molar-refractivity contribution in [2.24, 2.45) is 7.05 Å². The van der Waals surface area contributed by atoms with Crippen LogP contribution in [0.1, 0.15) is 19.4 Å². The second-order valence-corrected chi connectivity index (χ2v) is 7.93. The summed E-state index contributed by atoms with van der Waals surface area (Å²) < 4.78 is 8.30. The fraction of sp³-hybridized carbons (Fsp3) is 0.320. The van der Waals surface area contributed by atoms with E-state index >= 15 is 0 Å². The Bertz CT molecular complexity index is 1380. The maximum absolute atomic E-state index is 12.8. The van der Waals surface area contributed by atoms with Crippen molar-refractivity contribution in [3.05, 3.63) is 81.0 Å². The highest BCUT2D eigenvalue weighted by molar-refractivity contribution is 5.71. The Morgan fingerprint density at radius 2 is 1.65 bits per heavy atom. The van der Waals surface area contributed by atoms with E-state index in [-0.39, 0.29) is 17.7 Å². The molecule has 0 radical (unpaired) electrons. The number of rotatable bonds is 9. The van der Waals surface area contributed by atoms with E-state index in [1.54, 1.807) is 0 Å². The molecule has 2 heterocycles. The zero-order valence-electron chi connectivity index (χ0n) is 19.6. The van der Waals surface area contributed by atoms with Gasteiger partial charge < -0.3 is 9.64 Å². The molecular formula is C25H28N6O3. The zero-order chi connectivity index (χ0) is 24.1. The molecule has 0 bridgehead atoms. The van der Waals surface area contributed by atoms with E-state index in [9.17, 15) is 9.59 Å². The average Bonchev–Trinajstić information content (AvgIpc) is 2.88. The third-order valence-corrected chi connectivity index (χ3v) is 5.82. The van der Waals surface area contributed by atoms with Crippen LogP contribution in [0.25, 0.3) is 22.6 Å². The Labute approximate surface area is 197 Å². The van der Waals surface area contributed by atoms with Crippen LogP contribution in [0.5, 0.6) is 5.75 Å². The Morgan fingerprint density at radius 3 is 2.32 bits per heavy atom. The van der Waals surface area contributed by atoms with Gasteiger partial charge in [-0.25, -0.2) is 9.78 Å². The summed E-state index contributed by atoms with van der Waals surface area (Å²) in [5.74, 6) is 1.06. The maximum Gasteiger partial charge on any atom is 0.332 e. The second kappa shape index (κ2) is 10.4. The fourth-order valence-electron chi connectivity index (χ4n) is 3.73. The summed E-state index contributed by atoms with van der Waals surface area (Å²) >= 11 is 0. The van der Waals surface area contributed by atoms with E-state index in [4.69, 9.17) is 4.74 Å². The van der Waals surface area contributed by atoms with Crippen LogP contribution in [0.2, 0.25) is 0 Å². The normalized spacial score (nSPS) is 11.3. The van der Waals surface area contributed by atoms with Gasteiger partial charge in [0, 0.05) is 19.2 Å². The molecule has 0 aliphatic rings. The van der Waals surface area contributed by atoms with Crippen molar-refractivity contribution in [1.29, 1.82) is 0 Å².